The molecule has 2 fully saturated rings. The second-order valence-electron chi connectivity index (χ2n) is 11.3. The SMILES string of the molecule is COc1nc(-c2cccc(-c3cccc(-c4cnc(CNCC5CCC(=O)N5)c(OC)n4)c3Cl)c2Cl)cnc1CNCC1CNC1. The van der Waals surface area contributed by atoms with Gasteiger partial charge in [-0.2, -0.15) is 0 Å². The fraction of sp³-hybridized carbons (Fsp3) is 0.364. The summed E-state index contributed by atoms with van der Waals surface area (Å²) >= 11 is 14.1. The quantitative estimate of drug-likeness (QED) is 0.164. The van der Waals surface area contributed by atoms with Gasteiger partial charge in [-0.1, -0.05) is 59.6 Å². The third-order valence-corrected chi connectivity index (χ3v) is 9.02. The summed E-state index contributed by atoms with van der Waals surface area (Å²) in [5.74, 6) is 1.58. The van der Waals surface area contributed by atoms with Crippen molar-refractivity contribution >= 4 is 29.1 Å². The van der Waals surface area contributed by atoms with Crippen molar-refractivity contribution in [2.24, 2.45) is 5.92 Å². The second kappa shape index (κ2) is 14.7. The van der Waals surface area contributed by atoms with E-state index in [1.807, 2.05) is 36.4 Å². The van der Waals surface area contributed by atoms with Crippen LogP contribution in [-0.4, -0.2) is 72.3 Å². The van der Waals surface area contributed by atoms with Crippen molar-refractivity contribution in [1.82, 2.24) is 41.2 Å². The van der Waals surface area contributed by atoms with Crippen LogP contribution in [0.15, 0.2) is 48.8 Å². The summed E-state index contributed by atoms with van der Waals surface area (Å²) in [6.07, 6.45) is 4.78. The zero-order chi connectivity index (χ0) is 32.0. The van der Waals surface area contributed by atoms with Gasteiger partial charge in [0, 0.05) is 74.0 Å². The zero-order valence-corrected chi connectivity index (χ0v) is 27.2. The maximum Gasteiger partial charge on any atom is 0.237 e. The van der Waals surface area contributed by atoms with Crippen LogP contribution in [0.1, 0.15) is 24.2 Å². The zero-order valence-electron chi connectivity index (χ0n) is 25.7. The van der Waals surface area contributed by atoms with Crippen LogP contribution >= 0.6 is 23.2 Å². The molecule has 240 valence electrons. The van der Waals surface area contributed by atoms with E-state index in [1.165, 1.54) is 0 Å². The number of benzene rings is 2. The Bertz CT molecular complexity index is 1720. The van der Waals surface area contributed by atoms with Gasteiger partial charge in [0.1, 0.15) is 11.4 Å². The molecule has 11 nitrogen and oxygen atoms in total. The lowest BCUT2D eigenvalue weighted by Crippen LogP contribution is -2.47. The van der Waals surface area contributed by atoms with Crippen molar-refractivity contribution in [2.75, 3.05) is 40.4 Å². The summed E-state index contributed by atoms with van der Waals surface area (Å²) < 4.78 is 11.2. The van der Waals surface area contributed by atoms with Crippen LogP contribution in [0.2, 0.25) is 10.0 Å². The van der Waals surface area contributed by atoms with Crippen LogP contribution in [0.3, 0.4) is 0 Å². The Hall–Kier alpha value is -3.87. The molecule has 4 heterocycles. The number of hydrogen-bond donors (Lipinski definition) is 4. The average molecular weight is 664 g/mol. The first-order valence-electron chi connectivity index (χ1n) is 15.2. The van der Waals surface area contributed by atoms with E-state index in [0.717, 1.165) is 42.9 Å². The van der Waals surface area contributed by atoms with Crippen molar-refractivity contribution in [1.29, 1.82) is 0 Å². The van der Waals surface area contributed by atoms with Gasteiger partial charge < -0.3 is 30.7 Å². The molecule has 0 aliphatic carbocycles. The van der Waals surface area contributed by atoms with E-state index in [4.69, 9.17) is 42.6 Å². The summed E-state index contributed by atoms with van der Waals surface area (Å²) in [6.45, 7) is 4.63. The maximum atomic E-state index is 11.5. The first kappa shape index (κ1) is 32.1. The van der Waals surface area contributed by atoms with Gasteiger partial charge in [0.2, 0.25) is 17.7 Å². The Labute approximate surface area is 277 Å². The first-order chi connectivity index (χ1) is 22.4. The number of nitrogens with one attached hydrogen (secondary N) is 4. The Morgan fingerprint density at radius 1 is 0.804 bits per heavy atom. The normalized spacial score (nSPS) is 16.3. The topological polar surface area (TPSA) is 135 Å². The van der Waals surface area contributed by atoms with Gasteiger partial charge in [-0.15, -0.1) is 0 Å². The number of nitrogens with zero attached hydrogens (tertiary/aromatic N) is 4. The Morgan fingerprint density at radius 2 is 1.33 bits per heavy atom. The number of aromatic nitrogens is 4. The highest BCUT2D eigenvalue weighted by atomic mass is 35.5. The predicted octanol–water partition coefficient (Wildman–Crippen LogP) is 4.27. The van der Waals surface area contributed by atoms with Crippen LogP contribution in [0.25, 0.3) is 33.6 Å². The molecule has 4 aromatic rings. The van der Waals surface area contributed by atoms with E-state index in [9.17, 15) is 4.79 Å². The van der Waals surface area contributed by atoms with Gasteiger partial charge in [0.05, 0.1) is 48.0 Å². The first-order valence-corrected chi connectivity index (χ1v) is 16.0. The number of ether oxygens (including phenoxy) is 2. The molecular weight excluding hydrogens is 627 g/mol. The van der Waals surface area contributed by atoms with E-state index in [-0.39, 0.29) is 11.9 Å². The van der Waals surface area contributed by atoms with Crippen molar-refractivity contribution in [3.05, 3.63) is 70.2 Å². The molecule has 46 heavy (non-hydrogen) atoms. The molecule has 2 saturated heterocycles. The van der Waals surface area contributed by atoms with E-state index >= 15 is 0 Å². The number of carbonyl (C=O) groups excluding carboxylic acids is 1. The Kier molecular flexibility index (Phi) is 10.3. The molecule has 0 spiro atoms. The summed E-state index contributed by atoms with van der Waals surface area (Å²) in [4.78, 5) is 30.2. The smallest absolute Gasteiger partial charge is 0.237 e. The molecular formula is C33H36Cl2N8O3. The van der Waals surface area contributed by atoms with Gasteiger partial charge in [-0.3, -0.25) is 14.8 Å². The lowest BCUT2D eigenvalue weighted by molar-refractivity contribution is -0.119. The summed E-state index contributed by atoms with van der Waals surface area (Å²) in [7, 11) is 3.15. The highest BCUT2D eigenvalue weighted by Gasteiger charge is 2.22. The highest BCUT2D eigenvalue weighted by molar-refractivity contribution is 6.39. The molecule has 0 bridgehead atoms. The number of hydrogen-bond acceptors (Lipinski definition) is 10. The third-order valence-electron chi connectivity index (χ3n) is 8.21. The fourth-order valence-electron chi connectivity index (χ4n) is 5.58. The number of methoxy groups -OCH3 is 2. The molecule has 2 aromatic heterocycles. The van der Waals surface area contributed by atoms with Gasteiger partial charge in [0.15, 0.2) is 0 Å². The summed E-state index contributed by atoms with van der Waals surface area (Å²) in [6, 6.07) is 11.6. The maximum absolute atomic E-state index is 11.5. The summed E-state index contributed by atoms with van der Waals surface area (Å²) in [5.41, 5.74) is 5.44. The lowest BCUT2D eigenvalue weighted by Gasteiger charge is -2.27. The van der Waals surface area contributed by atoms with Gasteiger partial charge >= 0.3 is 0 Å². The van der Waals surface area contributed by atoms with E-state index in [0.29, 0.717) is 82.0 Å². The molecule has 13 heteroatoms. The molecule has 2 aliphatic heterocycles. The standard InChI is InChI=1S/C33H36Cl2N8O3/c1-45-32-27(15-37-13-19-11-36-12-19)39-17-25(42-32)23-7-3-5-21(30(23)34)22-6-4-8-24(31(22)35)26-18-40-28(33(43-26)46-2)16-38-14-20-9-10-29(44)41-20/h3-8,17-20,36-38H,9-16H2,1-2H3,(H,41,44). The minimum atomic E-state index is 0.0873. The molecule has 2 aliphatic rings. The van der Waals surface area contributed by atoms with E-state index < -0.39 is 0 Å². The van der Waals surface area contributed by atoms with E-state index in [1.54, 1.807) is 26.6 Å². The minimum absolute atomic E-state index is 0.0873. The predicted molar refractivity (Wildman–Crippen MR) is 178 cm³/mol. The molecule has 4 N–H and O–H groups in total. The van der Waals surface area contributed by atoms with Crippen molar-refractivity contribution in [3.8, 4) is 45.4 Å². The van der Waals surface area contributed by atoms with Gasteiger partial charge in [-0.05, 0) is 12.3 Å². The van der Waals surface area contributed by atoms with E-state index in [2.05, 4.69) is 31.2 Å². The van der Waals surface area contributed by atoms with Crippen LogP contribution in [0.4, 0.5) is 0 Å². The lowest BCUT2D eigenvalue weighted by atomic mass is 9.98. The van der Waals surface area contributed by atoms with Crippen LogP contribution in [0, 0.1) is 5.92 Å². The van der Waals surface area contributed by atoms with Crippen molar-refractivity contribution in [2.45, 2.75) is 32.0 Å². The molecule has 0 saturated carbocycles. The third kappa shape index (κ3) is 7.08. The van der Waals surface area contributed by atoms with Crippen LogP contribution in [0.5, 0.6) is 11.8 Å². The molecule has 1 amide bonds. The minimum Gasteiger partial charge on any atom is -0.480 e. The molecule has 6 rings (SSSR count). The van der Waals surface area contributed by atoms with Crippen LogP contribution in [-0.2, 0) is 17.9 Å². The number of halogens is 2. The molecule has 0 radical (unpaired) electrons. The Morgan fingerprint density at radius 3 is 1.78 bits per heavy atom. The molecule has 1 atom stereocenters. The molecule has 1 unspecified atom stereocenters. The second-order valence-corrected chi connectivity index (χ2v) is 12.1. The monoisotopic (exact) mass is 662 g/mol. The number of rotatable bonds is 13. The Balaban J connectivity index is 1.22. The number of amides is 1. The van der Waals surface area contributed by atoms with Gasteiger partial charge in [0.25, 0.3) is 0 Å². The average Bonchev–Trinajstić information content (AvgIpc) is 3.47. The molecule has 2 aromatic carbocycles. The van der Waals surface area contributed by atoms with Gasteiger partial charge in [-0.25, -0.2) is 9.97 Å². The van der Waals surface area contributed by atoms with Crippen LogP contribution < -0.4 is 30.7 Å². The van der Waals surface area contributed by atoms with Crippen molar-refractivity contribution in [3.63, 3.8) is 0 Å². The van der Waals surface area contributed by atoms with Crippen molar-refractivity contribution < 1.29 is 14.3 Å². The summed E-state index contributed by atoms with van der Waals surface area (Å²) in [5, 5.41) is 14.0. The fourth-order valence-corrected chi connectivity index (χ4v) is 6.23. The number of carbonyl (C=O) groups is 1. The highest BCUT2D eigenvalue weighted by Crippen LogP contribution is 2.42. The largest absolute Gasteiger partial charge is 0.480 e.